The molecule has 0 spiro atoms. The number of hydrogen-bond acceptors (Lipinski definition) is 3. The van der Waals surface area contributed by atoms with Crippen LogP contribution in [0.5, 0.6) is 0 Å². The Balaban J connectivity index is 2.16. The predicted molar refractivity (Wildman–Crippen MR) is 90.9 cm³/mol. The molecule has 5 nitrogen and oxygen atoms in total. The molecule has 23 heavy (non-hydrogen) atoms. The van der Waals surface area contributed by atoms with E-state index in [4.69, 9.17) is 5.11 Å². The van der Waals surface area contributed by atoms with E-state index in [0.29, 0.717) is 12.0 Å². The molecule has 1 heterocycles. The predicted octanol–water partition coefficient (Wildman–Crippen LogP) is 2.77. The molecule has 2 N–H and O–H groups in total. The van der Waals surface area contributed by atoms with Crippen molar-refractivity contribution >= 4 is 5.91 Å². The average Bonchev–Trinajstić information content (AvgIpc) is 2.86. The average molecular weight is 315 g/mol. The maximum absolute atomic E-state index is 12.4. The van der Waals surface area contributed by atoms with Crippen molar-refractivity contribution in [3.63, 3.8) is 0 Å². The molecule has 1 atom stereocenters. The third-order valence-corrected chi connectivity index (χ3v) is 4.24. The molecule has 0 aliphatic rings. The van der Waals surface area contributed by atoms with E-state index in [1.165, 1.54) is 0 Å². The second kappa shape index (κ2) is 6.96. The first kappa shape index (κ1) is 17.2. The molecular weight excluding hydrogens is 290 g/mol. The summed E-state index contributed by atoms with van der Waals surface area (Å²) in [5.41, 5.74) is 3.17. The number of hydrogen-bond donors (Lipinski definition) is 2. The molecule has 0 saturated heterocycles. The van der Waals surface area contributed by atoms with Gasteiger partial charge in [0.1, 0.15) is 0 Å². The molecule has 124 valence electrons. The van der Waals surface area contributed by atoms with Gasteiger partial charge in [-0.05, 0) is 63.9 Å². The molecule has 1 aromatic carbocycles. The topological polar surface area (TPSA) is 67.2 Å². The summed E-state index contributed by atoms with van der Waals surface area (Å²) >= 11 is 0. The van der Waals surface area contributed by atoms with Gasteiger partial charge in [0.2, 0.25) is 0 Å². The summed E-state index contributed by atoms with van der Waals surface area (Å²) in [5, 5.41) is 16.6. The van der Waals surface area contributed by atoms with Crippen molar-refractivity contribution < 1.29 is 9.90 Å². The lowest BCUT2D eigenvalue weighted by molar-refractivity contribution is 0.0886. The third-order valence-electron chi connectivity index (χ3n) is 4.24. The van der Waals surface area contributed by atoms with Gasteiger partial charge in [0.05, 0.1) is 11.4 Å². The minimum atomic E-state index is -0.389. The van der Waals surface area contributed by atoms with Crippen molar-refractivity contribution in [2.75, 3.05) is 6.61 Å². The Bertz CT molecular complexity index is 676. The lowest BCUT2D eigenvalue weighted by atomic mass is 9.94. The number of aliphatic hydroxyl groups excluding tert-OH is 1. The van der Waals surface area contributed by atoms with Crippen LogP contribution in [0.1, 0.15) is 48.4 Å². The molecule has 0 radical (unpaired) electrons. The minimum Gasteiger partial charge on any atom is -0.396 e. The number of aromatic nitrogens is 2. The summed E-state index contributed by atoms with van der Waals surface area (Å²) in [7, 11) is 0. The number of rotatable bonds is 6. The van der Waals surface area contributed by atoms with Crippen LogP contribution in [0, 0.1) is 13.8 Å². The normalized spacial score (nSPS) is 13.6. The van der Waals surface area contributed by atoms with Crippen molar-refractivity contribution in [2.45, 2.75) is 46.1 Å². The van der Waals surface area contributed by atoms with Gasteiger partial charge in [-0.1, -0.05) is 6.92 Å². The zero-order chi connectivity index (χ0) is 17.0. The maximum atomic E-state index is 12.4. The van der Waals surface area contributed by atoms with Crippen molar-refractivity contribution in [3.8, 4) is 5.69 Å². The first-order chi connectivity index (χ1) is 10.9. The molecule has 1 unspecified atom stereocenters. The lowest BCUT2D eigenvalue weighted by Crippen LogP contribution is -2.46. The van der Waals surface area contributed by atoms with Crippen LogP contribution in [0.25, 0.3) is 5.69 Å². The molecule has 1 amide bonds. The molecule has 0 aliphatic heterocycles. The van der Waals surface area contributed by atoms with Crippen molar-refractivity contribution in [2.24, 2.45) is 0 Å². The molecule has 0 aliphatic carbocycles. The Hall–Kier alpha value is -2.14. The van der Waals surface area contributed by atoms with Gasteiger partial charge in [-0.2, -0.15) is 5.10 Å². The van der Waals surface area contributed by atoms with Gasteiger partial charge in [-0.15, -0.1) is 0 Å². The maximum Gasteiger partial charge on any atom is 0.251 e. The number of carbonyl (C=O) groups excluding carboxylic acids is 1. The monoisotopic (exact) mass is 315 g/mol. The standard InChI is InChI=1S/C18H25N3O2/c1-5-18(4,10-11-22)19-17(23)15-6-8-16(9-7-15)21-14(3)12-13(2)20-21/h6-9,12,22H,5,10-11H2,1-4H3,(H,19,23). The molecular formula is C18H25N3O2. The molecule has 5 heteroatoms. The summed E-state index contributed by atoms with van der Waals surface area (Å²) in [6, 6.07) is 9.40. The van der Waals surface area contributed by atoms with Crippen molar-refractivity contribution in [1.82, 2.24) is 15.1 Å². The fourth-order valence-electron chi connectivity index (χ4n) is 2.56. The zero-order valence-corrected chi connectivity index (χ0v) is 14.3. The van der Waals surface area contributed by atoms with Gasteiger partial charge in [0.15, 0.2) is 0 Å². The zero-order valence-electron chi connectivity index (χ0n) is 14.3. The highest BCUT2D eigenvalue weighted by molar-refractivity contribution is 5.94. The van der Waals surface area contributed by atoms with Crippen LogP contribution in [0.15, 0.2) is 30.3 Å². The van der Waals surface area contributed by atoms with Crippen LogP contribution < -0.4 is 5.32 Å². The van der Waals surface area contributed by atoms with Gasteiger partial charge in [-0.25, -0.2) is 4.68 Å². The number of carbonyl (C=O) groups is 1. The smallest absolute Gasteiger partial charge is 0.251 e. The number of amides is 1. The van der Waals surface area contributed by atoms with E-state index in [0.717, 1.165) is 23.5 Å². The van der Waals surface area contributed by atoms with Crippen LogP contribution in [-0.2, 0) is 0 Å². The summed E-state index contributed by atoms with van der Waals surface area (Å²) in [5.74, 6) is -0.122. The largest absolute Gasteiger partial charge is 0.396 e. The third kappa shape index (κ3) is 3.99. The Morgan fingerprint density at radius 1 is 1.30 bits per heavy atom. The Morgan fingerprint density at radius 3 is 2.43 bits per heavy atom. The van der Waals surface area contributed by atoms with Crippen LogP contribution in [-0.4, -0.2) is 32.9 Å². The summed E-state index contributed by atoms with van der Waals surface area (Å²) in [4.78, 5) is 12.4. The van der Waals surface area contributed by atoms with E-state index >= 15 is 0 Å². The van der Waals surface area contributed by atoms with E-state index in [-0.39, 0.29) is 18.1 Å². The van der Waals surface area contributed by atoms with Gasteiger partial charge in [-0.3, -0.25) is 4.79 Å². The van der Waals surface area contributed by atoms with Gasteiger partial charge < -0.3 is 10.4 Å². The molecule has 1 aromatic heterocycles. The highest BCUT2D eigenvalue weighted by atomic mass is 16.3. The number of aryl methyl sites for hydroxylation is 2. The number of benzene rings is 1. The van der Waals surface area contributed by atoms with E-state index in [1.807, 2.05) is 50.6 Å². The molecule has 2 rings (SSSR count). The number of nitrogens with zero attached hydrogens (tertiary/aromatic N) is 2. The van der Waals surface area contributed by atoms with Gasteiger partial charge in [0, 0.05) is 23.4 Å². The second-order valence-corrected chi connectivity index (χ2v) is 6.23. The number of nitrogens with one attached hydrogen (secondary N) is 1. The first-order valence-corrected chi connectivity index (χ1v) is 7.95. The quantitative estimate of drug-likeness (QED) is 0.861. The van der Waals surface area contributed by atoms with Crippen molar-refractivity contribution in [3.05, 3.63) is 47.3 Å². The lowest BCUT2D eigenvalue weighted by Gasteiger charge is -2.29. The highest BCUT2D eigenvalue weighted by Gasteiger charge is 2.24. The number of aliphatic hydroxyl groups is 1. The summed E-state index contributed by atoms with van der Waals surface area (Å²) in [6.07, 6.45) is 1.31. The van der Waals surface area contributed by atoms with Crippen LogP contribution in [0.2, 0.25) is 0 Å². The van der Waals surface area contributed by atoms with Gasteiger partial charge in [0.25, 0.3) is 5.91 Å². The van der Waals surface area contributed by atoms with Crippen LogP contribution in [0.3, 0.4) is 0 Å². The molecule has 2 aromatic rings. The van der Waals surface area contributed by atoms with E-state index in [1.54, 1.807) is 12.1 Å². The minimum absolute atomic E-state index is 0.0570. The fourth-order valence-corrected chi connectivity index (χ4v) is 2.56. The highest BCUT2D eigenvalue weighted by Crippen LogP contribution is 2.17. The van der Waals surface area contributed by atoms with E-state index in [9.17, 15) is 4.79 Å². The second-order valence-electron chi connectivity index (χ2n) is 6.23. The molecule has 0 saturated carbocycles. The van der Waals surface area contributed by atoms with Gasteiger partial charge >= 0.3 is 0 Å². The Morgan fingerprint density at radius 2 is 1.96 bits per heavy atom. The summed E-state index contributed by atoms with van der Waals surface area (Å²) in [6.45, 7) is 7.97. The molecule has 0 fully saturated rings. The Kier molecular flexibility index (Phi) is 5.21. The van der Waals surface area contributed by atoms with Crippen LogP contribution in [0.4, 0.5) is 0 Å². The fraction of sp³-hybridized carbons (Fsp3) is 0.444. The molecule has 0 bridgehead atoms. The first-order valence-electron chi connectivity index (χ1n) is 7.95. The SMILES string of the molecule is CCC(C)(CCO)NC(=O)c1ccc(-n2nc(C)cc2C)cc1. The Labute approximate surface area is 137 Å². The summed E-state index contributed by atoms with van der Waals surface area (Å²) < 4.78 is 1.86. The van der Waals surface area contributed by atoms with Crippen molar-refractivity contribution in [1.29, 1.82) is 0 Å². The van der Waals surface area contributed by atoms with Crippen LogP contribution >= 0.6 is 0 Å². The van der Waals surface area contributed by atoms with E-state index in [2.05, 4.69) is 10.4 Å². The van der Waals surface area contributed by atoms with E-state index < -0.39 is 0 Å².